The maximum Gasteiger partial charge on any atom is 0.248 e. The zero-order valence-corrected chi connectivity index (χ0v) is 15.8. The van der Waals surface area contributed by atoms with Crippen molar-refractivity contribution in [3.63, 3.8) is 0 Å². The minimum atomic E-state index is -1.50. The molecular formula is C19H35NO6. The van der Waals surface area contributed by atoms with Crippen LogP contribution in [0, 0.1) is 0 Å². The normalized spacial score (nSPS) is 28.7. The van der Waals surface area contributed by atoms with Crippen LogP contribution in [0.15, 0.2) is 12.7 Å². The molecule has 0 spiro atoms. The summed E-state index contributed by atoms with van der Waals surface area (Å²) >= 11 is 0. The molecule has 0 aromatic carbocycles. The van der Waals surface area contributed by atoms with Gasteiger partial charge in [-0.05, 0) is 12.5 Å². The fourth-order valence-corrected chi connectivity index (χ4v) is 3.24. The first-order valence-electron chi connectivity index (χ1n) is 9.71. The molecule has 5 atom stereocenters. The van der Waals surface area contributed by atoms with Crippen molar-refractivity contribution in [3.8, 4) is 0 Å². The molecule has 0 radical (unpaired) electrons. The summed E-state index contributed by atoms with van der Waals surface area (Å²) < 4.78 is 5.49. The van der Waals surface area contributed by atoms with Crippen LogP contribution in [0.2, 0.25) is 0 Å². The maximum absolute atomic E-state index is 12.2. The third kappa shape index (κ3) is 6.63. The van der Waals surface area contributed by atoms with E-state index in [1.807, 2.05) is 0 Å². The zero-order valence-electron chi connectivity index (χ0n) is 15.8. The lowest BCUT2D eigenvalue weighted by atomic mass is 9.97. The van der Waals surface area contributed by atoms with E-state index in [1.165, 1.54) is 30.6 Å². The summed E-state index contributed by atoms with van der Waals surface area (Å²) in [4.78, 5) is 13.5. The van der Waals surface area contributed by atoms with Gasteiger partial charge in [0.15, 0.2) is 6.23 Å². The predicted octanol–water partition coefficient (Wildman–Crippen LogP) is 0.942. The number of rotatable bonds is 12. The van der Waals surface area contributed by atoms with Crippen LogP contribution < -0.4 is 0 Å². The number of unbranched alkanes of at least 4 members (excludes halogenated alkanes) is 7. The Morgan fingerprint density at radius 3 is 2.12 bits per heavy atom. The summed E-state index contributed by atoms with van der Waals surface area (Å²) in [5.74, 6) is -0.419. The number of aliphatic hydroxyl groups is 4. The lowest BCUT2D eigenvalue weighted by Gasteiger charge is -2.44. The van der Waals surface area contributed by atoms with E-state index in [4.69, 9.17) is 4.74 Å². The molecule has 1 aliphatic heterocycles. The largest absolute Gasteiger partial charge is 0.394 e. The highest BCUT2D eigenvalue weighted by atomic mass is 16.6. The predicted molar refractivity (Wildman–Crippen MR) is 98.3 cm³/mol. The number of carbonyl (C=O) groups excluding carboxylic acids is 1. The summed E-state index contributed by atoms with van der Waals surface area (Å²) in [5, 5.41) is 39.3. The van der Waals surface area contributed by atoms with E-state index < -0.39 is 43.2 Å². The molecule has 26 heavy (non-hydrogen) atoms. The van der Waals surface area contributed by atoms with Crippen LogP contribution in [0.3, 0.4) is 0 Å². The fraction of sp³-hybridized carbons (Fsp3) is 0.842. The molecule has 1 heterocycles. The number of carbonyl (C=O) groups is 1. The van der Waals surface area contributed by atoms with Crippen LogP contribution in [-0.4, -0.2) is 75.0 Å². The van der Waals surface area contributed by atoms with Crippen LogP contribution in [0.1, 0.15) is 58.3 Å². The van der Waals surface area contributed by atoms with Crippen molar-refractivity contribution < 1.29 is 30.0 Å². The summed E-state index contributed by atoms with van der Waals surface area (Å²) in [6.07, 6.45) is 3.47. The van der Waals surface area contributed by atoms with Crippen molar-refractivity contribution in [3.05, 3.63) is 12.7 Å². The van der Waals surface area contributed by atoms with Crippen molar-refractivity contribution in [2.24, 2.45) is 0 Å². The Morgan fingerprint density at radius 2 is 1.58 bits per heavy atom. The smallest absolute Gasteiger partial charge is 0.248 e. The average Bonchev–Trinajstić information content (AvgIpc) is 2.65. The van der Waals surface area contributed by atoms with Gasteiger partial charge < -0.3 is 30.1 Å². The molecule has 7 heteroatoms. The molecule has 0 aliphatic carbocycles. The van der Waals surface area contributed by atoms with E-state index >= 15 is 0 Å². The van der Waals surface area contributed by atoms with Gasteiger partial charge in [-0.25, -0.2) is 0 Å². The summed E-state index contributed by atoms with van der Waals surface area (Å²) in [6.45, 7) is 5.49. The Labute approximate surface area is 156 Å². The standard InChI is InChI=1S/C19H35NO6/c1-3-5-6-7-8-9-10-11-12-20(15(22)4-2)19-18(25)17(24)16(23)14(13-21)26-19/h4,14,16-19,21,23-25H,2-3,5-13H2,1H3/t14-,16-,17+,18-,19-/m1/s1. The van der Waals surface area contributed by atoms with Crippen molar-refractivity contribution in [2.75, 3.05) is 13.2 Å². The molecule has 0 bridgehead atoms. The number of hydrogen-bond acceptors (Lipinski definition) is 6. The van der Waals surface area contributed by atoms with Gasteiger partial charge >= 0.3 is 0 Å². The first kappa shape index (κ1) is 23.0. The Morgan fingerprint density at radius 1 is 1.00 bits per heavy atom. The van der Waals surface area contributed by atoms with Gasteiger partial charge in [0.05, 0.1) is 6.61 Å². The summed E-state index contributed by atoms with van der Waals surface area (Å²) in [6, 6.07) is 0. The van der Waals surface area contributed by atoms with Crippen molar-refractivity contribution in [1.82, 2.24) is 4.90 Å². The highest BCUT2D eigenvalue weighted by Crippen LogP contribution is 2.24. The molecule has 1 fully saturated rings. The molecule has 1 saturated heterocycles. The first-order valence-corrected chi connectivity index (χ1v) is 9.71. The van der Waals surface area contributed by atoms with Gasteiger partial charge in [-0.3, -0.25) is 4.79 Å². The van der Waals surface area contributed by atoms with E-state index in [0.29, 0.717) is 6.54 Å². The average molecular weight is 373 g/mol. The molecule has 0 aromatic heterocycles. The molecule has 0 saturated carbocycles. The summed E-state index contributed by atoms with van der Waals surface area (Å²) in [7, 11) is 0. The number of nitrogens with zero attached hydrogens (tertiary/aromatic N) is 1. The van der Waals surface area contributed by atoms with Crippen LogP contribution >= 0.6 is 0 Å². The zero-order chi connectivity index (χ0) is 19.5. The quantitative estimate of drug-likeness (QED) is 0.299. The molecule has 1 amide bonds. The Balaban J connectivity index is 2.55. The second kappa shape index (κ2) is 12.4. The van der Waals surface area contributed by atoms with Crippen LogP contribution in [0.4, 0.5) is 0 Å². The fourth-order valence-electron chi connectivity index (χ4n) is 3.24. The Kier molecular flexibility index (Phi) is 11.0. The SMILES string of the molecule is C=CC(=O)N(CCCCCCCCCC)[C@@H]1O[C@H](CO)[C@@H](O)[C@H](O)[C@H]1O. The lowest BCUT2D eigenvalue weighted by Crippen LogP contribution is -2.64. The van der Waals surface area contributed by atoms with Gasteiger partial charge in [-0.1, -0.05) is 58.4 Å². The minimum Gasteiger partial charge on any atom is -0.394 e. The van der Waals surface area contributed by atoms with E-state index in [0.717, 1.165) is 31.8 Å². The number of amides is 1. The molecule has 0 unspecified atom stereocenters. The third-order valence-corrected chi connectivity index (χ3v) is 4.88. The van der Waals surface area contributed by atoms with Gasteiger partial charge in [0.2, 0.25) is 5.91 Å². The molecule has 1 rings (SSSR count). The molecular weight excluding hydrogens is 338 g/mol. The van der Waals surface area contributed by atoms with E-state index in [1.54, 1.807) is 0 Å². The van der Waals surface area contributed by atoms with Gasteiger partial charge in [0.1, 0.15) is 24.4 Å². The van der Waals surface area contributed by atoms with Crippen LogP contribution in [0.5, 0.6) is 0 Å². The highest BCUT2D eigenvalue weighted by Gasteiger charge is 2.46. The molecule has 152 valence electrons. The van der Waals surface area contributed by atoms with Crippen molar-refractivity contribution in [2.45, 2.75) is 88.9 Å². The third-order valence-electron chi connectivity index (χ3n) is 4.88. The van der Waals surface area contributed by atoms with Gasteiger partial charge in [-0.2, -0.15) is 0 Å². The molecule has 7 nitrogen and oxygen atoms in total. The minimum absolute atomic E-state index is 0.350. The van der Waals surface area contributed by atoms with Gasteiger partial charge in [0, 0.05) is 6.54 Å². The van der Waals surface area contributed by atoms with E-state index in [-0.39, 0.29) is 0 Å². The van der Waals surface area contributed by atoms with Crippen molar-refractivity contribution >= 4 is 5.91 Å². The maximum atomic E-state index is 12.2. The van der Waals surface area contributed by atoms with E-state index in [9.17, 15) is 25.2 Å². The first-order chi connectivity index (χ1) is 12.5. The van der Waals surface area contributed by atoms with Crippen LogP contribution in [0.25, 0.3) is 0 Å². The number of hydrogen-bond donors (Lipinski definition) is 4. The number of ether oxygens (including phenoxy) is 1. The number of aliphatic hydroxyl groups excluding tert-OH is 4. The lowest BCUT2D eigenvalue weighted by molar-refractivity contribution is -0.261. The highest BCUT2D eigenvalue weighted by molar-refractivity contribution is 5.87. The van der Waals surface area contributed by atoms with Crippen molar-refractivity contribution in [1.29, 1.82) is 0 Å². The molecule has 1 aliphatic rings. The molecule has 4 N–H and O–H groups in total. The monoisotopic (exact) mass is 373 g/mol. The van der Waals surface area contributed by atoms with E-state index in [2.05, 4.69) is 13.5 Å². The summed E-state index contributed by atoms with van der Waals surface area (Å²) in [5.41, 5.74) is 0. The van der Waals surface area contributed by atoms with Crippen LogP contribution in [-0.2, 0) is 9.53 Å². The van der Waals surface area contributed by atoms with Gasteiger partial charge in [-0.15, -0.1) is 0 Å². The molecule has 0 aromatic rings. The Bertz CT molecular complexity index is 417. The Hall–Kier alpha value is -0.990. The second-order valence-corrected chi connectivity index (χ2v) is 6.93. The second-order valence-electron chi connectivity index (χ2n) is 6.93. The topological polar surface area (TPSA) is 110 Å². The van der Waals surface area contributed by atoms with Gasteiger partial charge in [0.25, 0.3) is 0 Å².